The highest BCUT2D eigenvalue weighted by Gasteiger charge is 2.15. The normalized spacial score (nSPS) is 12.3. The fourth-order valence-corrected chi connectivity index (χ4v) is 3.07. The molecule has 1 aliphatic rings. The van der Waals surface area contributed by atoms with E-state index in [0.29, 0.717) is 22.7 Å². The molecule has 3 rings (SSSR count). The molecule has 0 saturated heterocycles. The van der Waals surface area contributed by atoms with Gasteiger partial charge in [-0.1, -0.05) is 15.9 Å². The van der Waals surface area contributed by atoms with Gasteiger partial charge >= 0.3 is 0 Å². The molecule has 0 aliphatic carbocycles. The zero-order valence-corrected chi connectivity index (χ0v) is 13.3. The number of benzene rings is 2. The average molecular weight is 399 g/mol. The van der Waals surface area contributed by atoms with Crippen LogP contribution in [0.5, 0.6) is 11.5 Å². The lowest BCUT2D eigenvalue weighted by molar-refractivity contribution is 0.102. The maximum atomic E-state index is 12.2. The molecule has 0 aromatic heterocycles. The van der Waals surface area contributed by atoms with Crippen LogP contribution in [0.4, 0.5) is 5.69 Å². The van der Waals surface area contributed by atoms with Crippen molar-refractivity contribution in [3.63, 3.8) is 0 Å². The van der Waals surface area contributed by atoms with Crippen LogP contribution in [0.2, 0.25) is 0 Å². The SMILES string of the molecule is O=C(Nc1ccc2c(c1)OCO2)c1ccc(Br)cc1Br. The van der Waals surface area contributed by atoms with Crippen LogP contribution in [0.3, 0.4) is 0 Å². The summed E-state index contributed by atoms with van der Waals surface area (Å²) in [7, 11) is 0. The maximum Gasteiger partial charge on any atom is 0.256 e. The van der Waals surface area contributed by atoms with Gasteiger partial charge in [-0.2, -0.15) is 0 Å². The Labute approximate surface area is 132 Å². The third-order valence-corrected chi connectivity index (χ3v) is 3.96. The standard InChI is InChI=1S/C14H9Br2NO3/c15-8-1-3-10(11(16)5-8)14(18)17-9-2-4-12-13(6-9)20-7-19-12/h1-6H,7H2,(H,17,18). The Balaban J connectivity index is 1.82. The molecule has 0 unspecified atom stereocenters. The number of fused-ring (bicyclic) bond motifs is 1. The highest BCUT2D eigenvalue weighted by atomic mass is 79.9. The molecule has 0 atom stereocenters. The Morgan fingerprint density at radius 1 is 1.05 bits per heavy atom. The lowest BCUT2D eigenvalue weighted by atomic mass is 10.2. The van der Waals surface area contributed by atoms with E-state index in [1.54, 1.807) is 24.3 Å². The van der Waals surface area contributed by atoms with Crippen molar-refractivity contribution in [2.45, 2.75) is 0 Å². The minimum Gasteiger partial charge on any atom is -0.454 e. The van der Waals surface area contributed by atoms with Gasteiger partial charge < -0.3 is 14.8 Å². The Morgan fingerprint density at radius 2 is 1.85 bits per heavy atom. The molecule has 1 heterocycles. The van der Waals surface area contributed by atoms with Gasteiger partial charge in [0.05, 0.1) is 5.56 Å². The molecule has 0 spiro atoms. The first kappa shape index (κ1) is 13.5. The van der Waals surface area contributed by atoms with Crippen LogP contribution in [-0.4, -0.2) is 12.7 Å². The number of carbonyl (C=O) groups excluding carboxylic acids is 1. The summed E-state index contributed by atoms with van der Waals surface area (Å²) in [6.07, 6.45) is 0. The molecular formula is C14H9Br2NO3. The van der Waals surface area contributed by atoms with Crippen LogP contribution < -0.4 is 14.8 Å². The van der Waals surface area contributed by atoms with Crippen molar-refractivity contribution >= 4 is 43.5 Å². The van der Waals surface area contributed by atoms with Crippen LogP contribution in [0.1, 0.15) is 10.4 Å². The predicted octanol–water partition coefficient (Wildman–Crippen LogP) is 4.19. The van der Waals surface area contributed by atoms with Gasteiger partial charge in [-0.25, -0.2) is 0 Å². The number of hydrogen-bond acceptors (Lipinski definition) is 3. The number of ether oxygens (including phenoxy) is 2. The van der Waals surface area contributed by atoms with E-state index in [1.807, 2.05) is 12.1 Å². The summed E-state index contributed by atoms with van der Waals surface area (Å²) in [5.74, 6) is 1.13. The molecule has 0 fully saturated rings. The second-order valence-corrected chi connectivity index (χ2v) is 5.92. The summed E-state index contributed by atoms with van der Waals surface area (Å²) in [5.41, 5.74) is 1.22. The predicted molar refractivity (Wildman–Crippen MR) is 82.4 cm³/mol. The molecule has 0 radical (unpaired) electrons. The van der Waals surface area contributed by atoms with E-state index in [2.05, 4.69) is 37.2 Å². The van der Waals surface area contributed by atoms with Crippen LogP contribution in [0.15, 0.2) is 45.3 Å². The molecule has 20 heavy (non-hydrogen) atoms. The first-order chi connectivity index (χ1) is 9.63. The molecule has 2 aromatic rings. The first-order valence-corrected chi connectivity index (χ1v) is 7.38. The van der Waals surface area contributed by atoms with Crippen molar-refractivity contribution in [2.75, 3.05) is 12.1 Å². The number of rotatable bonds is 2. The topological polar surface area (TPSA) is 47.6 Å². The van der Waals surface area contributed by atoms with E-state index in [4.69, 9.17) is 9.47 Å². The number of nitrogens with one attached hydrogen (secondary N) is 1. The second kappa shape index (κ2) is 5.46. The summed E-state index contributed by atoms with van der Waals surface area (Å²) >= 11 is 6.73. The van der Waals surface area contributed by atoms with Gasteiger partial charge in [0.1, 0.15) is 0 Å². The summed E-state index contributed by atoms with van der Waals surface area (Å²) in [5, 5.41) is 2.83. The Bertz CT molecular complexity index is 688. The maximum absolute atomic E-state index is 12.2. The lowest BCUT2D eigenvalue weighted by Gasteiger charge is -2.08. The van der Waals surface area contributed by atoms with Crippen molar-refractivity contribution in [3.05, 3.63) is 50.9 Å². The van der Waals surface area contributed by atoms with E-state index >= 15 is 0 Å². The molecule has 1 N–H and O–H groups in total. The van der Waals surface area contributed by atoms with Gasteiger partial charge in [-0.15, -0.1) is 0 Å². The molecular weight excluding hydrogens is 390 g/mol. The van der Waals surface area contributed by atoms with Crippen LogP contribution in [0.25, 0.3) is 0 Å². The first-order valence-electron chi connectivity index (χ1n) is 5.79. The van der Waals surface area contributed by atoms with Crippen molar-refractivity contribution in [1.82, 2.24) is 0 Å². The number of anilines is 1. The van der Waals surface area contributed by atoms with E-state index in [9.17, 15) is 4.79 Å². The fraction of sp³-hybridized carbons (Fsp3) is 0.0714. The molecule has 4 nitrogen and oxygen atoms in total. The molecule has 1 amide bonds. The average Bonchev–Trinajstić information content (AvgIpc) is 2.85. The van der Waals surface area contributed by atoms with Crippen LogP contribution >= 0.6 is 31.9 Å². The summed E-state index contributed by atoms with van der Waals surface area (Å²) in [4.78, 5) is 12.2. The quantitative estimate of drug-likeness (QED) is 0.824. The van der Waals surface area contributed by atoms with E-state index in [0.717, 1.165) is 8.95 Å². The van der Waals surface area contributed by atoms with Crippen molar-refractivity contribution in [3.8, 4) is 11.5 Å². The molecule has 102 valence electrons. The van der Waals surface area contributed by atoms with Gasteiger partial charge in [-0.3, -0.25) is 4.79 Å². The summed E-state index contributed by atoms with van der Waals surface area (Å²) < 4.78 is 12.1. The minimum absolute atomic E-state index is 0.191. The third-order valence-electron chi connectivity index (χ3n) is 2.81. The summed E-state index contributed by atoms with van der Waals surface area (Å²) in [6.45, 7) is 0.213. The number of carbonyl (C=O) groups is 1. The highest BCUT2D eigenvalue weighted by Crippen LogP contribution is 2.34. The van der Waals surface area contributed by atoms with E-state index in [1.165, 1.54) is 0 Å². The zero-order chi connectivity index (χ0) is 14.1. The second-order valence-electron chi connectivity index (χ2n) is 4.15. The van der Waals surface area contributed by atoms with Crippen molar-refractivity contribution in [2.24, 2.45) is 0 Å². The number of hydrogen-bond donors (Lipinski definition) is 1. The molecule has 0 bridgehead atoms. The highest BCUT2D eigenvalue weighted by molar-refractivity contribution is 9.11. The summed E-state index contributed by atoms with van der Waals surface area (Å²) in [6, 6.07) is 10.7. The minimum atomic E-state index is -0.191. The van der Waals surface area contributed by atoms with Crippen LogP contribution in [-0.2, 0) is 0 Å². The zero-order valence-electron chi connectivity index (χ0n) is 10.2. The molecule has 0 saturated carbocycles. The van der Waals surface area contributed by atoms with Crippen molar-refractivity contribution in [1.29, 1.82) is 0 Å². The third kappa shape index (κ3) is 2.66. The largest absolute Gasteiger partial charge is 0.454 e. The Morgan fingerprint density at radius 3 is 2.65 bits per heavy atom. The number of amides is 1. The number of halogens is 2. The van der Waals surface area contributed by atoms with Crippen molar-refractivity contribution < 1.29 is 14.3 Å². The van der Waals surface area contributed by atoms with Gasteiger partial charge in [0.15, 0.2) is 11.5 Å². The Hall–Kier alpha value is -1.53. The van der Waals surface area contributed by atoms with Crippen LogP contribution in [0, 0.1) is 0 Å². The van der Waals surface area contributed by atoms with Gasteiger partial charge in [0, 0.05) is 20.7 Å². The van der Waals surface area contributed by atoms with E-state index < -0.39 is 0 Å². The van der Waals surface area contributed by atoms with Gasteiger partial charge in [0.25, 0.3) is 5.91 Å². The fourth-order valence-electron chi connectivity index (χ4n) is 1.85. The Kier molecular flexibility index (Phi) is 3.67. The lowest BCUT2D eigenvalue weighted by Crippen LogP contribution is -2.12. The molecule has 1 aliphatic heterocycles. The smallest absolute Gasteiger partial charge is 0.256 e. The monoisotopic (exact) mass is 397 g/mol. The van der Waals surface area contributed by atoms with Gasteiger partial charge in [-0.05, 0) is 46.3 Å². The molecule has 6 heteroatoms. The molecule has 2 aromatic carbocycles. The van der Waals surface area contributed by atoms with Gasteiger partial charge in [0.2, 0.25) is 6.79 Å². The van der Waals surface area contributed by atoms with E-state index in [-0.39, 0.29) is 12.7 Å².